The predicted molar refractivity (Wildman–Crippen MR) is 68.2 cm³/mol. The normalized spacial score (nSPS) is 14.9. The van der Waals surface area contributed by atoms with Gasteiger partial charge in [0.2, 0.25) is 0 Å². The van der Waals surface area contributed by atoms with Crippen molar-refractivity contribution < 1.29 is 0 Å². The second-order valence-electron chi connectivity index (χ2n) is 3.81. The third-order valence-corrected chi connectivity index (χ3v) is 2.71. The van der Waals surface area contributed by atoms with Gasteiger partial charge in [0.15, 0.2) is 0 Å². The van der Waals surface area contributed by atoms with Crippen LogP contribution in [0.1, 0.15) is 25.8 Å². The van der Waals surface area contributed by atoms with E-state index in [1.807, 2.05) is 13.1 Å². The molecule has 0 spiro atoms. The topological polar surface area (TPSA) is 24.9 Å². The van der Waals surface area contributed by atoms with Gasteiger partial charge in [0, 0.05) is 34.8 Å². The Morgan fingerprint density at radius 1 is 1.47 bits per heavy atom. The zero-order valence-corrected chi connectivity index (χ0v) is 11.3. The molecule has 1 rings (SSSR count). The van der Waals surface area contributed by atoms with E-state index in [2.05, 4.69) is 39.2 Å². The molecule has 0 aliphatic heterocycles. The predicted octanol–water partition coefficient (Wildman–Crippen LogP) is 3.34. The SMILES string of the molecule is CC(Cl)CC(C)NCc1cncc(Br)c1. The number of pyridine rings is 1. The minimum Gasteiger partial charge on any atom is -0.310 e. The van der Waals surface area contributed by atoms with Crippen molar-refractivity contribution in [1.82, 2.24) is 10.3 Å². The molecule has 1 aromatic rings. The molecular formula is C11H16BrClN2. The van der Waals surface area contributed by atoms with Crippen LogP contribution in [0.15, 0.2) is 22.9 Å². The summed E-state index contributed by atoms with van der Waals surface area (Å²) in [4.78, 5) is 4.11. The zero-order chi connectivity index (χ0) is 11.3. The Labute approximate surface area is 105 Å². The Hall–Kier alpha value is -0.120. The molecule has 2 atom stereocenters. The molecule has 0 bridgehead atoms. The maximum atomic E-state index is 5.92. The highest BCUT2D eigenvalue weighted by Crippen LogP contribution is 2.10. The monoisotopic (exact) mass is 290 g/mol. The van der Waals surface area contributed by atoms with E-state index < -0.39 is 0 Å². The van der Waals surface area contributed by atoms with Gasteiger partial charge in [-0.25, -0.2) is 0 Å². The molecule has 1 N–H and O–H groups in total. The molecule has 1 heterocycles. The van der Waals surface area contributed by atoms with E-state index in [1.165, 1.54) is 5.56 Å². The Morgan fingerprint density at radius 2 is 2.20 bits per heavy atom. The standard InChI is InChI=1S/C11H16BrClN2/c1-8(13)3-9(2)15-6-10-4-11(12)7-14-5-10/h4-5,7-9,15H,3,6H2,1-2H3. The molecule has 15 heavy (non-hydrogen) atoms. The smallest absolute Gasteiger partial charge is 0.0410 e. The van der Waals surface area contributed by atoms with Crippen molar-refractivity contribution in [2.75, 3.05) is 0 Å². The molecule has 0 fully saturated rings. The summed E-state index contributed by atoms with van der Waals surface area (Å²) in [5.41, 5.74) is 1.18. The fourth-order valence-electron chi connectivity index (χ4n) is 1.42. The summed E-state index contributed by atoms with van der Waals surface area (Å²) >= 11 is 9.32. The van der Waals surface area contributed by atoms with Crippen LogP contribution < -0.4 is 5.32 Å². The van der Waals surface area contributed by atoms with Gasteiger partial charge in [-0.15, -0.1) is 11.6 Å². The number of rotatable bonds is 5. The van der Waals surface area contributed by atoms with Crippen molar-refractivity contribution in [3.63, 3.8) is 0 Å². The van der Waals surface area contributed by atoms with Gasteiger partial charge in [-0.05, 0) is 47.8 Å². The van der Waals surface area contributed by atoms with E-state index in [9.17, 15) is 0 Å². The highest BCUT2D eigenvalue weighted by atomic mass is 79.9. The van der Waals surface area contributed by atoms with E-state index in [-0.39, 0.29) is 5.38 Å². The minimum absolute atomic E-state index is 0.216. The van der Waals surface area contributed by atoms with Gasteiger partial charge in [-0.1, -0.05) is 0 Å². The Bertz CT molecular complexity index is 304. The maximum absolute atomic E-state index is 5.92. The molecule has 4 heteroatoms. The first-order chi connectivity index (χ1) is 7.08. The van der Waals surface area contributed by atoms with Gasteiger partial charge in [0.1, 0.15) is 0 Å². The summed E-state index contributed by atoms with van der Waals surface area (Å²) in [6, 6.07) is 2.49. The summed E-state index contributed by atoms with van der Waals surface area (Å²) in [5, 5.41) is 3.63. The van der Waals surface area contributed by atoms with Crippen molar-refractivity contribution in [1.29, 1.82) is 0 Å². The molecule has 0 aliphatic rings. The van der Waals surface area contributed by atoms with Crippen molar-refractivity contribution in [3.05, 3.63) is 28.5 Å². The van der Waals surface area contributed by atoms with Crippen molar-refractivity contribution in [2.45, 2.75) is 38.2 Å². The minimum atomic E-state index is 0.216. The van der Waals surface area contributed by atoms with Gasteiger partial charge in [-0.2, -0.15) is 0 Å². The van der Waals surface area contributed by atoms with Crippen LogP contribution in [0, 0.1) is 0 Å². The van der Waals surface area contributed by atoms with E-state index in [0.29, 0.717) is 6.04 Å². The molecule has 0 saturated carbocycles. The highest BCUT2D eigenvalue weighted by molar-refractivity contribution is 9.10. The average molecular weight is 292 g/mol. The number of halogens is 2. The first-order valence-corrected chi connectivity index (χ1v) is 6.27. The molecular weight excluding hydrogens is 275 g/mol. The summed E-state index contributed by atoms with van der Waals surface area (Å²) in [7, 11) is 0. The highest BCUT2D eigenvalue weighted by Gasteiger charge is 2.05. The summed E-state index contributed by atoms with van der Waals surface area (Å²) < 4.78 is 1.01. The first-order valence-electron chi connectivity index (χ1n) is 5.05. The van der Waals surface area contributed by atoms with E-state index in [0.717, 1.165) is 17.4 Å². The lowest BCUT2D eigenvalue weighted by Gasteiger charge is -2.14. The van der Waals surface area contributed by atoms with Gasteiger partial charge in [0.05, 0.1) is 0 Å². The summed E-state index contributed by atoms with van der Waals surface area (Å²) in [6.07, 6.45) is 4.63. The second kappa shape index (κ2) is 6.46. The van der Waals surface area contributed by atoms with Crippen LogP contribution in [0.5, 0.6) is 0 Å². The maximum Gasteiger partial charge on any atom is 0.0410 e. The molecule has 0 radical (unpaired) electrons. The molecule has 2 nitrogen and oxygen atoms in total. The molecule has 0 amide bonds. The first kappa shape index (κ1) is 12.9. The lowest BCUT2D eigenvalue weighted by Crippen LogP contribution is -2.27. The van der Waals surface area contributed by atoms with Gasteiger partial charge >= 0.3 is 0 Å². The molecule has 0 aliphatic carbocycles. The average Bonchev–Trinajstić information content (AvgIpc) is 2.14. The molecule has 0 aromatic carbocycles. The van der Waals surface area contributed by atoms with Gasteiger partial charge < -0.3 is 5.32 Å². The van der Waals surface area contributed by atoms with Gasteiger partial charge in [0.25, 0.3) is 0 Å². The Kier molecular flexibility index (Phi) is 5.58. The third kappa shape index (κ3) is 5.50. The number of aromatic nitrogens is 1. The Morgan fingerprint density at radius 3 is 2.80 bits per heavy atom. The van der Waals surface area contributed by atoms with Crippen LogP contribution in [-0.2, 0) is 6.54 Å². The fourth-order valence-corrected chi connectivity index (χ4v) is 2.09. The zero-order valence-electron chi connectivity index (χ0n) is 9.00. The number of hydrogen-bond acceptors (Lipinski definition) is 2. The van der Waals surface area contributed by atoms with Crippen molar-refractivity contribution in [3.8, 4) is 0 Å². The summed E-state index contributed by atoms with van der Waals surface area (Å²) in [5.74, 6) is 0. The largest absolute Gasteiger partial charge is 0.310 e. The lowest BCUT2D eigenvalue weighted by molar-refractivity contribution is 0.511. The summed E-state index contributed by atoms with van der Waals surface area (Å²) in [6.45, 7) is 4.99. The van der Waals surface area contributed by atoms with Gasteiger partial charge in [-0.3, -0.25) is 4.98 Å². The van der Waals surface area contributed by atoms with Crippen LogP contribution in [0.4, 0.5) is 0 Å². The van der Waals surface area contributed by atoms with Crippen LogP contribution in [0.25, 0.3) is 0 Å². The van der Waals surface area contributed by atoms with Crippen LogP contribution >= 0.6 is 27.5 Å². The second-order valence-corrected chi connectivity index (χ2v) is 5.47. The van der Waals surface area contributed by atoms with Crippen LogP contribution in [-0.4, -0.2) is 16.4 Å². The Balaban J connectivity index is 2.36. The van der Waals surface area contributed by atoms with E-state index >= 15 is 0 Å². The van der Waals surface area contributed by atoms with Crippen LogP contribution in [0.3, 0.4) is 0 Å². The number of alkyl halides is 1. The number of hydrogen-bond donors (Lipinski definition) is 1. The number of nitrogens with one attached hydrogen (secondary N) is 1. The van der Waals surface area contributed by atoms with Crippen LogP contribution in [0.2, 0.25) is 0 Å². The van der Waals surface area contributed by atoms with Crippen molar-refractivity contribution in [2.24, 2.45) is 0 Å². The molecule has 84 valence electrons. The quantitative estimate of drug-likeness (QED) is 0.842. The lowest BCUT2D eigenvalue weighted by atomic mass is 10.2. The van der Waals surface area contributed by atoms with Crippen molar-refractivity contribution >= 4 is 27.5 Å². The molecule has 2 unspecified atom stereocenters. The third-order valence-electron chi connectivity index (χ3n) is 2.09. The van der Waals surface area contributed by atoms with E-state index in [1.54, 1.807) is 6.20 Å². The fraction of sp³-hybridized carbons (Fsp3) is 0.545. The molecule has 0 saturated heterocycles. The number of nitrogens with zero attached hydrogens (tertiary/aromatic N) is 1. The van der Waals surface area contributed by atoms with E-state index in [4.69, 9.17) is 11.6 Å². The molecule has 1 aromatic heterocycles.